The zero-order chi connectivity index (χ0) is 28.6. The molecule has 0 aromatic carbocycles. The minimum absolute atomic E-state index is 0.184. The number of hydrogen-bond acceptors (Lipinski definition) is 8. The highest BCUT2D eigenvalue weighted by atomic mass is 32.1. The van der Waals surface area contributed by atoms with E-state index >= 15 is 0 Å². The summed E-state index contributed by atoms with van der Waals surface area (Å²) >= 11 is 2.82. The van der Waals surface area contributed by atoms with Gasteiger partial charge in [-0.2, -0.15) is 10.5 Å². The van der Waals surface area contributed by atoms with Gasteiger partial charge in [0.1, 0.15) is 22.1 Å². The van der Waals surface area contributed by atoms with Gasteiger partial charge in [0, 0.05) is 9.75 Å². The number of hydrogen-bond donors (Lipinski definition) is 0. The van der Waals surface area contributed by atoms with Crippen LogP contribution in [0.2, 0.25) is 0 Å². The zero-order valence-corrected chi connectivity index (χ0v) is 24.3. The number of thiophene rings is 2. The number of carbonyl (C=O) groups is 4. The number of aryl methyl sites for hydroxylation is 2. The van der Waals surface area contributed by atoms with Crippen molar-refractivity contribution in [2.45, 2.75) is 51.4 Å². The molecule has 8 atom stereocenters. The predicted molar refractivity (Wildman–Crippen MR) is 153 cm³/mol. The van der Waals surface area contributed by atoms with Gasteiger partial charge in [0.15, 0.2) is 0 Å². The molecule has 42 heavy (non-hydrogen) atoms. The molecule has 2 aromatic rings. The summed E-state index contributed by atoms with van der Waals surface area (Å²) in [6.45, 7) is 0. The number of allylic oxidation sites excluding steroid dienone is 2. The van der Waals surface area contributed by atoms with Gasteiger partial charge in [0.05, 0.1) is 34.8 Å². The summed E-state index contributed by atoms with van der Waals surface area (Å²) in [7, 11) is 0. The first-order chi connectivity index (χ1) is 20.5. The molecule has 0 unspecified atom stereocenters. The van der Waals surface area contributed by atoms with Crippen LogP contribution in [0.1, 0.15) is 57.7 Å². The van der Waals surface area contributed by atoms with E-state index in [4.69, 9.17) is 0 Å². The van der Waals surface area contributed by atoms with Crippen molar-refractivity contribution in [3.63, 3.8) is 0 Å². The smallest absolute Gasteiger partial charge is 0.239 e. The molecule has 4 fully saturated rings. The van der Waals surface area contributed by atoms with Crippen LogP contribution in [0.15, 0.2) is 12.2 Å². The highest BCUT2D eigenvalue weighted by Crippen LogP contribution is 2.69. The largest absolute Gasteiger partial charge is 0.274 e. The van der Waals surface area contributed by atoms with Crippen molar-refractivity contribution in [3.8, 4) is 12.1 Å². The Balaban J connectivity index is 1.08. The van der Waals surface area contributed by atoms with Gasteiger partial charge < -0.3 is 0 Å². The molecule has 2 saturated carbocycles. The van der Waals surface area contributed by atoms with Crippen LogP contribution in [-0.4, -0.2) is 23.6 Å². The molecule has 0 radical (unpaired) electrons. The van der Waals surface area contributed by atoms with Crippen LogP contribution in [0.25, 0.3) is 0 Å². The summed E-state index contributed by atoms with van der Waals surface area (Å²) in [5.41, 5.74) is 2.90. The summed E-state index contributed by atoms with van der Waals surface area (Å²) in [5.74, 6) is -4.28. The second kappa shape index (κ2) is 8.49. The first kappa shape index (κ1) is 24.9. The Labute approximate surface area is 250 Å². The SMILES string of the molecule is N#Cc1c(N2C(=O)[C@@H]3[C@@H](C2=O)[C@@H]2[C@@H]4C=C[C@@H]([C@@H]5C(=O)N(c6sc7c(c6C#N)CCCC7)C(=O)[C@H]45)[C@H]32)sc2c1CCCC2. The van der Waals surface area contributed by atoms with Gasteiger partial charge in [-0.25, -0.2) is 9.80 Å². The Morgan fingerprint density at radius 3 is 1.38 bits per heavy atom. The van der Waals surface area contributed by atoms with Gasteiger partial charge in [-0.1, -0.05) is 12.2 Å². The van der Waals surface area contributed by atoms with Crippen molar-refractivity contribution < 1.29 is 19.2 Å². The third-order valence-corrected chi connectivity index (χ3v) is 13.8. The molecule has 0 spiro atoms. The van der Waals surface area contributed by atoms with Gasteiger partial charge in [0.2, 0.25) is 23.6 Å². The highest BCUT2D eigenvalue weighted by molar-refractivity contribution is 7.17. The average Bonchev–Trinajstić information content (AvgIpc) is 3.67. The molecule has 4 heterocycles. The molecule has 2 aromatic heterocycles. The fourth-order valence-corrected chi connectivity index (χ4v) is 12.3. The summed E-state index contributed by atoms with van der Waals surface area (Å²) in [4.78, 5) is 60.9. The van der Waals surface area contributed by atoms with Gasteiger partial charge in [-0.05, 0) is 86.2 Å². The van der Waals surface area contributed by atoms with Crippen molar-refractivity contribution >= 4 is 56.3 Å². The van der Waals surface area contributed by atoms with Crippen molar-refractivity contribution in [2.75, 3.05) is 9.80 Å². The molecule has 4 amide bonds. The highest BCUT2D eigenvalue weighted by Gasteiger charge is 2.75. The van der Waals surface area contributed by atoms with E-state index in [0.29, 0.717) is 21.1 Å². The normalized spacial score (nSPS) is 35.3. The molecule has 0 N–H and O–H groups in total. The third kappa shape index (κ3) is 2.81. The summed E-state index contributed by atoms with van der Waals surface area (Å²) in [6.07, 6.45) is 11.4. The number of amides is 4. The monoisotopic (exact) mass is 594 g/mol. The molecule has 10 heteroatoms. The number of carbonyl (C=O) groups excluding carboxylic acids is 4. The van der Waals surface area contributed by atoms with Crippen LogP contribution in [-0.2, 0) is 44.9 Å². The lowest BCUT2D eigenvalue weighted by molar-refractivity contribution is -0.166. The molecule has 2 aliphatic heterocycles. The van der Waals surface area contributed by atoms with Crippen LogP contribution in [0, 0.1) is 70.0 Å². The number of nitrogens with zero attached hydrogens (tertiary/aromatic N) is 4. The molecule has 6 aliphatic carbocycles. The Hall–Kier alpha value is -3.60. The molecule has 2 saturated heterocycles. The van der Waals surface area contributed by atoms with E-state index in [1.165, 1.54) is 32.5 Å². The molecule has 8 aliphatic rings. The van der Waals surface area contributed by atoms with E-state index in [1.54, 1.807) is 0 Å². The van der Waals surface area contributed by atoms with Gasteiger partial charge >= 0.3 is 0 Å². The maximum atomic E-state index is 14.1. The zero-order valence-electron chi connectivity index (χ0n) is 22.7. The Kier molecular flexibility index (Phi) is 5.04. The minimum Gasteiger partial charge on any atom is -0.274 e. The molecular formula is C32H26N4O4S2. The molecule has 210 valence electrons. The molecule has 2 bridgehead atoms. The average molecular weight is 595 g/mol. The molecule has 10 rings (SSSR count). The van der Waals surface area contributed by atoms with Gasteiger partial charge in [0.25, 0.3) is 0 Å². The van der Waals surface area contributed by atoms with Crippen LogP contribution in [0.3, 0.4) is 0 Å². The number of imide groups is 2. The van der Waals surface area contributed by atoms with E-state index < -0.39 is 23.7 Å². The maximum Gasteiger partial charge on any atom is 0.239 e. The van der Waals surface area contributed by atoms with E-state index in [0.717, 1.165) is 72.2 Å². The van der Waals surface area contributed by atoms with E-state index in [-0.39, 0.29) is 47.3 Å². The number of anilines is 2. The minimum atomic E-state index is -0.582. The number of fused-ring (bicyclic) bond motifs is 3. The van der Waals surface area contributed by atoms with E-state index in [9.17, 15) is 29.7 Å². The van der Waals surface area contributed by atoms with Gasteiger partial charge in [-0.3, -0.25) is 19.2 Å². The summed E-state index contributed by atoms with van der Waals surface area (Å²) in [6, 6.07) is 4.59. The van der Waals surface area contributed by atoms with Crippen molar-refractivity contribution in [1.82, 2.24) is 0 Å². The first-order valence-corrected chi connectivity index (χ1v) is 16.6. The summed E-state index contributed by atoms with van der Waals surface area (Å²) in [5, 5.41) is 21.0. The number of rotatable bonds is 2. The maximum absolute atomic E-state index is 14.1. The second-order valence-corrected chi connectivity index (χ2v) is 15.0. The Bertz CT molecular complexity index is 1730. The molecule has 8 nitrogen and oxygen atoms in total. The number of nitriles is 2. The van der Waals surface area contributed by atoms with Crippen LogP contribution in [0.4, 0.5) is 10.0 Å². The Morgan fingerprint density at radius 2 is 0.976 bits per heavy atom. The van der Waals surface area contributed by atoms with Crippen LogP contribution < -0.4 is 9.80 Å². The third-order valence-electron chi connectivity index (χ3n) is 11.3. The second-order valence-electron chi connectivity index (χ2n) is 12.8. The first-order valence-electron chi connectivity index (χ1n) is 15.0. The standard InChI is InChI=1S/C32H26N4O4S2/c33-11-17-13-5-1-3-7-19(13)41-31(17)35-27(37)23-15-9-10-16(24(23)28(35)38)22-21(15)25-26(22)30(40)36(29(25)39)32-18(12-34)14-6-2-4-8-20(14)42-32/h9-10,15-16,21-26H,1-8H2/t15-,16+,21+,22-,23+,24-,25-,26-/m0/s1. The van der Waals surface area contributed by atoms with E-state index in [1.807, 2.05) is 12.2 Å². The van der Waals surface area contributed by atoms with Crippen molar-refractivity contribution in [2.24, 2.45) is 47.3 Å². The van der Waals surface area contributed by atoms with Crippen molar-refractivity contribution in [3.05, 3.63) is 44.2 Å². The lowest BCUT2D eigenvalue weighted by Crippen LogP contribution is -2.63. The lowest BCUT2D eigenvalue weighted by atomic mass is 9.40. The topological polar surface area (TPSA) is 122 Å². The fourth-order valence-electron chi connectivity index (χ4n) is 9.65. The Morgan fingerprint density at radius 1 is 0.595 bits per heavy atom. The fraction of sp³-hybridized carbons (Fsp3) is 0.500. The quantitative estimate of drug-likeness (QED) is 0.378. The van der Waals surface area contributed by atoms with Crippen LogP contribution in [0.5, 0.6) is 0 Å². The van der Waals surface area contributed by atoms with E-state index in [2.05, 4.69) is 12.1 Å². The lowest BCUT2D eigenvalue weighted by Gasteiger charge is -2.60. The van der Waals surface area contributed by atoms with Crippen LogP contribution >= 0.6 is 22.7 Å². The molecular weight excluding hydrogens is 569 g/mol. The van der Waals surface area contributed by atoms with Gasteiger partial charge in [-0.15, -0.1) is 22.7 Å². The predicted octanol–water partition coefficient (Wildman–Crippen LogP) is 4.28. The summed E-state index contributed by atoms with van der Waals surface area (Å²) < 4.78 is 0. The van der Waals surface area contributed by atoms with Crippen molar-refractivity contribution in [1.29, 1.82) is 10.5 Å².